The number of aromatic nitrogens is 2. The third kappa shape index (κ3) is 2.34. The Hall–Kier alpha value is -3.25. The fourth-order valence-corrected chi connectivity index (χ4v) is 3.28. The van der Waals surface area contributed by atoms with Gasteiger partial charge in [-0.05, 0) is 17.7 Å². The zero-order valence-corrected chi connectivity index (χ0v) is 13.9. The van der Waals surface area contributed by atoms with Gasteiger partial charge in [0.05, 0.1) is 24.9 Å². The largest absolute Gasteiger partial charge is 0.462 e. The topological polar surface area (TPSA) is 69.7 Å². The molecule has 0 atom stereocenters. The van der Waals surface area contributed by atoms with Gasteiger partial charge in [-0.25, -0.2) is 0 Å². The van der Waals surface area contributed by atoms with Crippen LogP contribution in [-0.4, -0.2) is 21.7 Å². The van der Waals surface area contributed by atoms with Crippen LogP contribution in [0.1, 0.15) is 11.1 Å². The van der Waals surface area contributed by atoms with Crippen LogP contribution >= 0.6 is 0 Å². The van der Waals surface area contributed by atoms with E-state index in [4.69, 9.17) is 19.0 Å². The first kappa shape index (κ1) is 15.0. The molecule has 1 aliphatic heterocycles. The predicted octanol–water partition coefficient (Wildman–Crippen LogP) is 3.57. The minimum atomic E-state index is -0.108. The quantitative estimate of drug-likeness (QED) is 0.611. The van der Waals surface area contributed by atoms with Gasteiger partial charge in [0.2, 0.25) is 6.79 Å². The zero-order valence-electron chi connectivity index (χ0n) is 13.9. The van der Waals surface area contributed by atoms with Crippen molar-refractivity contribution in [1.82, 2.24) is 9.78 Å². The Bertz CT molecular complexity index is 1080. The second-order valence-corrected chi connectivity index (χ2v) is 6.15. The highest BCUT2D eigenvalue weighted by Crippen LogP contribution is 2.40. The Morgan fingerprint density at radius 2 is 1.85 bits per heavy atom. The van der Waals surface area contributed by atoms with Crippen LogP contribution in [-0.2, 0) is 13.2 Å². The Balaban J connectivity index is 1.72. The van der Waals surface area contributed by atoms with E-state index in [1.807, 2.05) is 35.0 Å². The van der Waals surface area contributed by atoms with Crippen molar-refractivity contribution in [2.75, 3.05) is 6.79 Å². The molecule has 2 aromatic carbocycles. The molecule has 0 unspecified atom stereocenters. The molecule has 0 saturated carbocycles. The monoisotopic (exact) mass is 348 g/mol. The number of ether oxygens (including phenoxy) is 2. The van der Waals surface area contributed by atoms with Gasteiger partial charge in [-0.3, -0.25) is 4.68 Å². The lowest BCUT2D eigenvalue weighted by molar-refractivity contribution is 0.174. The smallest absolute Gasteiger partial charge is 0.231 e. The SMILES string of the molecule is OCc1ccoc1-c1nn(Cc2ccccc2)c2cc3c(cc12)OCO3. The highest BCUT2D eigenvalue weighted by molar-refractivity contribution is 5.95. The van der Waals surface area contributed by atoms with E-state index in [2.05, 4.69) is 12.1 Å². The number of hydrogen-bond donors (Lipinski definition) is 1. The summed E-state index contributed by atoms with van der Waals surface area (Å²) in [6.07, 6.45) is 1.57. The Morgan fingerprint density at radius 3 is 2.65 bits per heavy atom. The average molecular weight is 348 g/mol. The first-order valence-electron chi connectivity index (χ1n) is 8.35. The molecule has 3 heterocycles. The third-order valence-corrected chi connectivity index (χ3v) is 4.55. The Morgan fingerprint density at radius 1 is 1.04 bits per heavy atom. The number of rotatable bonds is 4. The van der Waals surface area contributed by atoms with Crippen LogP contribution in [0.3, 0.4) is 0 Å². The molecule has 0 fully saturated rings. The highest BCUT2D eigenvalue weighted by atomic mass is 16.7. The lowest BCUT2D eigenvalue weighted by atomic mass is 10.1. The molecule has 130 valence electrons. The third-order valence-electron chi connectivity index (χ3n) is 4.55. The molecule has 0 aliphatic carbocycles. The summed E-state index contributed by atoms with van der Waals surface area (Å²) < 4.78 is 18.6. The molecule has 26 heavy (non-hydrogen) atoms. The summed E-state index contributed by atoms with van der Waals surface area (Å²) in [6, 6.07) is 15.7. The van der Waals surface area contributed by atoms with Crippen molar-refractivity contribution in [3.8, 4) is 23.0 Å². The average Bonchev–Trinajstić information content (AvgIpc) is 3.39. The lowest BCUT2D eigenvalue weighted by Gasteiger charge is -2.04. The Labute approximate surface area is 149 Å². The fraction of sp³-hybridized carbons (Fsp3) is 0.150. The van der Waals surface area contributed by atoms with E-state index in [0.29, 0.717) is 35.1 Å². The normalized spacial score (nSPS) is 12.8. The number of aliphatic hydroxyl groups is 1. The number of nitrogens with zero attached hydrogens (tertiary/aromatic N) is 2. The lowest BCUT2D eigenvalue weighted by Crippen LogP contribution is -2.01. The molecule has 0 bridgehead atoms. The van der Waals surface area contributed by atoms with Crippen LogP contribution in [0.2, 0.25) is 0 Å². The van der Waals surface area contributed by atoms with Crippen molar-refractivity contribution in [1.29, 1.82) is 0 Å². The minimum absolute atomic E-state index is 0.108. The van der Waals surface area contributed by atoms with Gasteiger partial charge in [0, 0.05) is 17.0 Å². The van der Waals surface area contributed by atoms with E-state index in [0.717, 1.165) is 16.5 Å². The molecule has 1 aliphatic rings. The highest BCUT2D eigenvalue weighted by Gasteiger charge is 2.23. The maximum Gasteiger partial charge on any atom is 0.231 e. The summed E-state index contributed by atoms with van der Waals surface area (Å²) in [5.41, 5.74) is 3.45. The molecule has 0 spiro atoms. The Kier molecular flexibility index (Phi) is 3.43. The predicted molar refractivity (Wildman–Crippen MR) is 95.0 cm³/mol. The van der Waals surface area contributed by atoms with Gasteiger partial charge in [0.1, 0.15) is 5.69 Å². The van der Waals surface area contributed by atoms with E-state index in [1.165, 1.54) is 0 Å². The molecule has 6 nitrogen and oxygen atoms in total. The van der Waals surface area contributed by atoms with Crippen molar-refractivity contribution < 1.29 is 19.0 Å². The molecular formula is C20H16N2O4. The van der Waals surface area contributed by atoms with Crippen LogP contribution < -0.4 is 9.47 Å². The molecule has 2 aromatic heterocycles. The van der Waals surface area contributed by atoms with Gasteiger partial charge in [0.25, 0.3) is 0 Å². The van der Waals surface area contributed by atoms with Crippen molar-refractivity contribution in [2.45, 2.75) is 13.2 Å². The van der Waals surface area contributed by atoms with Gasteiger partial charge < -0.3 is 19.0 Å². The second-order valence-electron chi connectivity index (χ2n) is 6.15. The maximum atomic E-state index is 9.60. The summed E-state index contributed by atoms with van der Waals surface area (Å²) in [5, 5.41) is 15.3. The molecule has 6 heteroatoms. The van der Waals surface area contributed by atoms with Gasteiger partial charge in [-0.2, -0.15) is 5.10 Å². The molecule has 0 saturated heterocycles. The van der Waals surface area contributed by atoms with Crippen molar-refractivity contribution >= 4 is 10.9 Å². The fourth-order valence-electron chi connectivity index (χ4n) is 3.28. The minimum Gasteiger partial charge on any atom is -0.462 e. The van der Waals surface area contributed by atoms with Crippen LogP contribution in [0, 0.1) is 0 Å². The maximum absolute atomic E-state index is 9.60. The number of hydrogen-bond acceptors (Lipinski definition) is 5. The van der Waals surface area contributed by atoms with Crippen LogP contribution in [0.25, 0.3) is 22.4 Å². The van der Waals surface area contributed by atoms with Crippen molar-refractivity contribution in [3.05, 3.63) is 65.9 Å². The van der Waals surface area contributed by atoms with Crippen LogP contribution in [0.5, 0.6) is 11.5 Å². The van der Waals surface area contributed by atoms with Crippen LogP contribution in [0.15, 0.2) is 59.2 Å². The van der Waals surface area contributed by atoms with E-state index >= 15 is 0 Å². The summed E-state index contributed by atoms with van der Waals surface area (Å²) in [5.74, 6) is 1.97. The van der Waals surface area contributed by atoms with E-state index in [1.54, 1.807) is 12.3 Å². The van der Waals surface area contributed by atoms with E-state index in [-0.39, 0.29) is 13.4 Å². The molecule has 5 rings (SSSR count). The van der Waals surface area contributed by atoms with Crippen LogP contribution in [0.4, 0.5) is 0 Å². The number of furan rings is 1. The summed E-state index contributed by atoms with van der Waals surface area (Å²) in [7, 11) is 0. The number of aliphatic hydroxyl groups excluding tert-OH is 1. The first-order chi connectivity index (χ1) is 12.8. The van der Waals surface area contributed by atoms with Gasteiger partial charge in [-0.15, -0.1) is 0 Å². The summed E-state index contributed by atoms with van der Waals surface area (Å²) >= 11 is 0. The first-order valence-corrected chi connectivity index (χ1v) is 8.35. The molecule has 4 aromatic rings. The number of benzene rings is 2. The van der Waals surface area contributed by atoms with E-state index < -0.39 is 0 Å². The van der Waals surface area contributed by atoms with Gasteiger partial charge >= 0.3 is 0 Å². The van der Waals surface area contributed by atoms with Crippen molar-refractivity contribution in [3.63, 3.8) is 0 Å². The van der Waals surface area contributed by atoms with Gasteiger partial charge in [-0.1, -0.05) is 30.3 Å². The number of fused-ring (bicyclic) bond motifs is 2. The summed E-state index contributed by atoms with van der Waals surface area (Å²) in [4.78, 5) is 0. The second kappa shape index (κ2) is 5.93. The molecule has 0 amide bonds. The van der Waals surface area contributed by atoms with E-state index in [9.17, 15) is 5.11 Å². The molecular weight excluding hydrogens is 332 g/mol. The zero-order chi connectivity index (χ0) is 17.5. The molecule has 0 radical (unpaired) electrons. The summed E-state index contributed by atoms with van der Waals surface area (Å²) in [6.45, 7) is 0.724. The van der Waals surface area contributed by atoms with Gasteiger partial charge in [0.15, 0.2) is 17.3 Å². The standard InChI is InChI=1S/C20H16N2O4/c23-11-14-6-7-24-20(14)19-15-8-17-18(26-12-25-17)9-16(15)22(21-19)10-13-4-2-1-3-5-13/h1-9,23H,10-12H2. The molecule has 1 N–H and O–H groups in total. The van der Waals surface area contributed by atoms with Crippen molar-refractivity contribution in [2.24, 2.45) is 0 Å².